The maximum Gasteiger partial charge on any atom is 0.262 e. The fourth-order valence-electron chi connectivity index (χ4n) is 3.16. The Hall–Kier alpha value is -2.79. The lowest BCUT2D eigenvalue weighted by molar-refractivity contribution is 0.0993. The average molecular weight is 361 g/mol. The number of benzene rings is 2. The van der Waals surface area contributed by atoms with Crippen molar-refractivity contribution in [3.05, 3.63) is 83.7 Å². The monoisotopic (exact) mass is 361 g/mol. The van der Waals surface area contributed by atoms with Crippen molar-refractivity contribution in [3.8, 4) is 0 Å². The molecule has 1 N–H and O–H groups in total. The average Bonchev–Trinajstić information content (AvgIpc) is 2.95. The fraction of sp³-hybridized carbons (Fsp3) is 0.143. The number of hydrogen-bond donors (Lipinski definition) is 1. The molecule has 4 rings (SSSR count). The molecule has 0 bridgehead atoms. The maximum absolute atomic E-state index is 13.0. The number of rotatable bonds is 4. The van der Waals surface area contributed by atoms with E-state index in [1.54, 1.807) is 28.9 Å². The molecule has 2 aromatic carbocycles. The van der Waals surface area contributed by atoms with Gasteiger partial charge < -0.3 is 5.32 Å². The van der Waals surface area contributed by atoms with Crippen molar-refractivity contribution in [1.82, 2.24) is 4.98 Å². The molecule has 3 aromatic rings. The molecule has 26 heavy (non-hydrogen) atoms. The van der Waals surface area contributed by atoms with Gasteiger partial charge in [0.05, 0.1) is 11.3 Å². The molecule has 130 valence electrons. The highest BCUT2D eigenvalue weighted by Crippen LogP contribution is 2.37. The van der Waals surface area contributed by atoms with Gasteiger partial charge in [0, 0.05) is 22.5 Å². The molecule has 0 aliphatic carbocycles. The molecule has 1 aliphatic rings. The van der Waals surface area contributed by atoms with Gasteiger partial charge in [0.1, 0.15) is 0 Å². The summed E-state index contributed by atoms with van der Waals surface area (Å²) < 4.78 is 0. The van der Waals surface area contributed by atoms with Crippen molar-refractivity contribution in [2.75, 3.05) is 16.5 Å². The van der Waals surface area contributed by atoms with Crippen LogP contribution in [0.3, 0.4) is 0 Å². The van der Waals surface area contributed by atoms with Gasteiger partial charge in [-0.05, 0) is 55.6 Å². The van der Waals surface area contributed by atoms with Crippen molar-refractivity contribution in [1.29, 1.82) is 0 Å². The summed E-state index contributed by atoms with van der Waals surface area (Å²) in [7, 11) is 0. The largest absolute Gasteiger partial charge is 0.360 e. The van der Waals surface area contributed by atoms with E-state index >= 15 is 0 Å². The Morgan fingerprint density at radius 3 is 2.65 bits per heavy atom. The van der Waals surface area contributed by atoms with E-state index in [1.807, 2.05) is 55.6 Å². The summed E-state index contributed by atoms with van der Waals surface area (Å²) in [6, 6.07) is 19.8. The second kappa shape index (κ2) is 6.84. The predicted molar refractivity (Wildman–Crippen MR) is 107 cm³/mol. The number of aromatic nitrogens is 1. The van der Waals surface area contributed by atoms with Gasteiger partial charge in [-0.1, -0.05) is 23.8 Å². The van der Waals surface area contributed by atoms with E-state index in [-0.39, 0.29) is 12.1 Å². The summed E-state index contributed by atoms with van der Waals surface area (Å²) in [5.41, 5.74) is 4.38. The van der Waals surface area contributed by atoms with Crippen LogP contribution in [0.25, 0.3) is 0 Å². The zero-order chi connectivity index (χ0) is 18.1. The lowest BCUT2D eigenvalue weighted by Gasteiger charge is -2.26. The van der Waals surface area contributed by atoms with Crippen LogP contribution in [0.15, 0.2) is 71.8 Å². The number of amides is 1. The number of thioether (sulfide) groups is 1. The first kappa shape index (κ1) is 16.7. The highest BCUT2D eigenvalue weighted by molar-refractivity contribution is 7.98. The Kier molecular flexibility index (Phi) is 4.39. The Labute approximate surface area is 157 Å². The molecule has 1 amide bonds. The molecule has 1 aromatic heterocycles. The third-order valence-corrected chi connectivity index (χ3v) is 5.22. The molecule has 4 nitrogen and oxygen atoms in total. The molecule has 0 spiro atoms. The number of nitrogens with one attached hydrogen (secondary N) is 1. The number of nitrogens with zero attached hydrogens (tertiary/aromatic N) is 2. The minimum atomic E-state index is -0.335. The zero-order valence-electron chi connectivity index (χ0n) is 14.6. The third kappa shape index (κ3) is 2.95. The Balaban J connectivity index is 1.76. The molecule has 0 saturated heterocycles. The second-order valence-electron chi connectivity index (χ2n) is 6.23. The molecular formula is C21H19N3OS. The summed E-state index contributed by atoms with van der Waals surface area (Å²) in [4.78, 5) is 20.5. The van der Waals surface area contributed by atoms with E-state index in [0.717, 1.165) is 22.6 Å². The van der Waals surface area contributed by atoms with Crippen LogP contribution in [-0.4, -0.2) is 17.1 Å². The normalized spacial score (nSPS) is 15.8. The standard InChI is InChI=1S/C21H19N3OS/c1-14-8-10-16(11-9-14)24-20(19-18(21(24)25)7-4-12-22-19)23-15-5-3-6-17(13-15)26-2/h3-13,20,23H,1-2H3/t20-/m1/s1. The van der Waals surface area contributed by atoms with E-state index in [4.69, 9.17) is 0 Å². The maximum atomic E-state index is 13.0. The van der Waals surface area contributed by atoms with Gasteiger partial charge in [0.15, 0.2) is 6.17 Å². The van der Waals surface area contributed by atoms with Crippen LogP contribution in [0, 0.1) is 6.92 Å². The molecule has 1 atom stereocenters. The third-order valence-electron chi connectivity index (χ3n) is 4.49. The minimum absolute atomic E-state index is 0.0320. The minimum Gasteiger partial charge on any atom is -0.360 e. The van der Waals surface area contributed by atoms with E-state index < -0.39 is 0 Å². The smallest absolute Gasteiger partial charge is 0.262 e. The molecule has 0 radical (unpaired) electrons. The molecular weight excluding hydrogens is 342 g/mol. The van der Waals surface area contributed by atoms with Crippen molar-refractivity contribution in [2.24, 2.45) is 0 Å². The highest BCUT2D eigenvalue weighted by atomic mass is 32.2. The Bertz CT molecular complexity index is 955. The van der Waals surface area contributed by atoms with E-state index in [2.05, 4.69) is 22.4 Å². The number of anilines is 2. The van der Waals surface area contributed by atoms with E-state index in [1.165, 1.54) is 4.90 Å². The van der Waals surface area contributed by atoms with Crippen LogP contribution >= 0.6 is 11.8 Å². The SMILES string of the molecule is CSc1cccc(N[C@H]2c3ncccc3C(=O)N2c2ccc(C)cc2)c1. The molecule has 1 aliphatic heterocycles. The second-order valence-corrected chi connectivity index (χ2v) is 7.11. The van der Waals surface area contributed by atoms with Gasteiger partial charge in [-0.25, -0.2) is 0 Å². The van der Waals surface area contributed by atoms with Crippen LogP contribution in [0.4, 0.5) is 11.4 Å². The molecule has 0 fully saturated rings. The van der Waals surface area contributed by atoms with Crippen LogP contribution in [0.5, 0.6) is 0 Å². The van der Waals surface area contributed by atoms with Crippen LogP contribution in [-0.2, 0) is 0 Å². The Morgan fingerprint density at radius 2 is 1.88 bits per heavy atom. The van der Waals surface area contributed by atoms with Crippen molar-refractivity contribution < 1.29 is 4.79 Å². The van der Waals surface area contributed by atoms with Crippen LogP contribution < -0.4 is 10.2 Å². The number of carbonyl (C=O) groups excluding carboxylic acids is 1. The summed E-state index contributed by atoms with van der Waals surface area (Å²) in [6.07, 6.45) is 3.45. The van der Waals surface area contributed by atoms with Crippen molar-refractivity contribution in [3.63, 3.8) is 0 Å². The topological polar surface area (TPSA) is 45.2 Å². The number of fused-ring (bicyclic) bond motifs is 1. The Morgan fingerprint density at radius 1 is 1.08 bits per heavy atom. The van der Waals surface area contributed by atoms with Crippen molar-refractivity contribution in [2.45, 2.75) is 18.0 Å². The van der Waals surface area contributed by atoms with Gasteiger partial charge in [-0.3, -0.25) is 14.7 Å². The zero-order valence-corrected chi connectivity index (χ0v) is 15.5. The van der Waals surface area contributed by atoms with Crippen LogP contribution in [0.2, 0.25) is 0 Å². The summed E-state index contributed by atoms with van der Waals surface area (Å²) in [6.45, 7) is 2.04. The van der Waals surface area contributed by atoms with Gasteiger partial charge in [-0.2, -0.15) is 0 Å². The predicted octanol–water partition coefficient (Wildman–Crippen LogP) is 4.88. The summed E-state index contributed by atoms with van der Waals surface area (Å²) >= 11 is 1.69. The summed E-state index contributed by atoms with van der Waals surface area (Å²) in [5.74, 6) is -0.0320. The number of hydrogen-bond acceptors (Lipinski definition) is 4. The highest BCUT2D eigenvalue weighted by Gasteiger charge is 2.38. The molecule has 2 heterocycles. The quantitative estimate of drug-likeness (QED) is 0.673. The molecule has 0 unspecified atom stereocenters. The number of pyridine rings is 1. The first-order valence-electron chi connectivity index (χ1n) is 8.43. The van der Waals surface area contributed by atoms with Gasteiger partial charge in [-0.15, -0.1) is 11.8 Å². The number of carbonyl (C=O) groups is 1. The van der Waals surface area contributed by atoms with Crippen LogP contribution in [0.1, 0.15) is 27.8 Å². The first-order valence-corrected chi connectivity index (χ1v) is 9.65. The summed E-state index contributed by atoms with van der Waals surface area (Å²) in [5, 5.41) is 3.49. The van der Waals surface area contributed by atoms with Gasteiger partial charge in [0.2, 0.25) is 0 Å². The molecule has 5 heteroatoms. The van der Waals surface area contributed by atoms with E-state index in [0.29, 0.717) is 5.56 Å². The van der Waals surface area contributed by atoms with Crippen molar-refractivity contribution >= 4 is 29.0 Å². The van der Waals surface area contributed by atoms with Gasteiger partial charge in [0.25, 0.3) is 5.91 Å². The van der Waals surface area contributed by atoms with E-state index in [9.17, 15) is 4.79 Å². The number of aryl methyl sites for hydroxylation is 1. The lowest BCUT2D eigenvalue weighted by atomic mass is 10.2. The molecule has 0 saturated carbocycles. The fourth-order valence-corrected chi connectivity index (χ4v) is 3.62. The lowest BCUT2D eigenvalue weighted by Crippen LogP contribution is -2.32. The van der Waals surface area contributed by atoms with Gasteiger partial charge >= 0.3 is 0 Å². The first-order chi connectivity index (χ1) is 12.7.